The predicted molar refractivity (Wildman–Crippen MR) is 98.1 cm³/mol. The molecule has 0 aliphatic carbocycles. The van der Waals surface area contributed by atoms with Gasteiger partial charge in [0.05, 0.1) is 27.1 Å². The first-order valence-corrected chi connectivity index (χ1v) is 9.39. The molecule has 0 fully saturated rings. The van der Waals surface area contributed by atoms with Gasteiger partial charge in [0.15, 0.2) is 0 Å². The Kier molecular flexibility index (Phi) is 5.46. The van der Waals surface area contributed by atoms with Crippen LogP contribution in [-0.2, 0) is 15.9 Å². The van der Waals surface area contributed by atoms with Crippen LogP contribution in [0.5, 0.6) is 0 Å². The van der Waals surface area contributed by atoms with Crippen LogP contribution in [0, 0.1) is 0 Å². The zero-order valence-corrected chi connectivity index (χ0v) is 17.0. The van der Waals surface area contributed by atoms with Gasteiger partial charge in [-0.3, -0.25) is 0 Å². The van der Waals surface area contributed by atoms with Crippen molar-refractivity contribution in [3.8, 4) is 11.3 Å². The Morgan fingerprint density at radius 2 is 1.35 bits per heavy atom. The number of pyridine rings is 1. The van der Waals surface area contributed by atoms with Gasteiger partial charge in [-0.1, -0.05) is 66.7 Å². The first-order chi connectivity index (χ1) is 12.0. The maximum Gasteiger partial charge on any atom is 1.00 e. The fourth-order valence-electron chi connectivity index (χ4n) is 3.09. The minimum atomic E-state index is -4.28. The van der Waals surface area contributed by atoms with E-state index in [1.165, 1.54) is 0 Å². The second-order valence-corrected chi connectivity index (χ2v) is 7.33. The van der Waals surface area contributed by atoms with E-state index in [1.54, 1.807) is 12.1 Å². The van der Waals surface area contributed by atoms with Crippen molar-refractivity contribution in [3.05, 3.63) is 78.4 Å². The molecule has 0 bridgehead atoms. The number of aromatic nitrogens is 1. The molecule has 1 aromatic heterocycles. The van der Waals surface area contributed by atoms with E-state index >= 15 is 0 Å². The summed E-state index contributed by atoms with van der Waals surface area (Å²) in [5.41, 5.74) is 3.10. The first-order valence-electron chi connectivity index (χ1n) is 7.82. The van der Waals surface area contributed by atoms with Crippen molar-refractivity contribution < 1.29 is 42.5 Å². The Hall–Kier alpha value is -1.76. The summed E-state index contributed by atoms with van der Waals surface area (Å²) in [6.45, 7) is 0. The van der Waals surface area contributed by atoms with Crippen LogP contribution >= 0.6 is 0 Å². The minimum absolute atomic E-state index is 0. The molecule has 0 unspecified atom stereocenters. The van der Waals surface area contributed by atoms with E-state index in [9.17, 15) is 13.0 Å². The molecule has 0 saturated carbocycles. The summed E-state index contributed by atoms with van der Waals surface area (Å²) in [6.07, 6.45) is 0. The summed E-state index contributed by atoms with van der Waals surface area (Å²) in [4.78, 5) is 4.80. The summed E-state index contributed by atoms with van der Waals surface area (Å²) in [7, 11) is -4.28. The SMILES string of the molecule is O=S(=O)([O-])Cc1ccc(-c2nc3ccccc3c3ccccc23)cc1.[Na+]. The number of fused-ring (bicyclic) bond motifs is 3. The smallest absolute Gasteiger partial charge is 0.748 e. The second-order valence-electron chi connectivity index (χ2n) is 5.92. The molecule has 0 radical (unpaired) electrons. The maximum absolute atomic E-state index is 10.9. The molecule has 6 heteroatoms. The molecule has 4 rings (SSSR count). The van der Waals surface area contributed by atoms with Gasteiger partial charge in [0.25, 0.3) is 0 Å². The molecule has 0 saturated heterocycles. The summed E-state index contributed by atoms with van der Waals surface area (Å²) in [5, 5.41) is 3.25. The van der Waals surface area contributed by atoms with Crippen LogP contribution < -0.4 is 29.6 Å². The van der Waals surface area contributed by atoms with E-state index in [1.807, 2.05) is 48.5 Å². The summed E-state index contributed by atoms with van der Waals surface area (Å²) in [5.74, 6) is -0.501. The van der Waals surface area contributed by atoms with E-state index in [2.05, 4.69) is 12.1 Å². The fourth-order valence-corrected chi connectivity index (χ4v) is 3.69. The topological polar surface area (TPSA) is 70.1 Å². The number of hydrogen-bond acceptors (Lipinski definition) is 4. The number of benzene rings is 3. The van der Waals surface area contributed by atoms with Crippen LogP contribution in [0.15, 0.2) is 72.8 Å². The van der Waals surface area contributed by atoms with Crippen LogP contribution in [0.25, 0.3) is 32.9 Å². The van der Waals surface area contributed by atoms with Crippen molar-refractivity contribution in [2.45, 2.75) is 5.75 Å². The van der Waals surface area contributed by atoms with Crippen molar-refractivity contribution in [1.29, 1.82) is 0 Å². The Morgan fingerprint density at radius 3 is 2.00 bits per heavy atom. The quantitative estimate of drug-likeness (QED) is 0.307. The molecule has 4 nitrogen and oxygen atoms in total. The van der Waals surface area contributed by atoms with Crippen LogP contribution in [0.2, 0.25) is 0 Å². The molecule has 0 aliphatic rings. The Morgan fingerprint density at radius 1 is 0.769 bits per heavy atom. The molecule has 3 aromatic carbocycles. The van der Waals surface area contributed by atoms with Crippen molar-refractivity contribution in [3.63, 3.8) is 0 Å². The first kappa shape index (κ1) is 19.0. The van der Waals surface area contributed by atoms with E-state index in [-0.39, 0.29) is 29.6 Å². The number of para-hydroxylation sites is 1. The average Bonchev–Trinajstić information content (AvgIpc) is 2.60. The normalized spacial score (nSPS) is 11.4. The van der Waals surface area contributed by atoms with Crippen LogP contribution in [-0.4, -0.2) is 18.0 Å². The van der Waals surface area contributed by atoms with E-state index < -0.39 is 15.9 Å². The standard InChI is InChI=1S/C20H15NO3S.Na/c22-25(23,24)13-14-9-11-15(12-10-14)20-18-7-2-1-5-16(18)17-6-3-4-8-19(17)21-20;/h1-12H,13H2,(H,22,23,24);/q;+1/p-1. The molecule has 26 heavy (non-hydrogen) atoms. The van der Waals surface area contributed by atoms with Gasteiger partial charge < -0.3 is 4.55 Å². The third kappa shape index (κ3) is 3.82. The number of rotatable bonds is 3. The molecule has 0 amide bonds. The molecule has 0 N–H and O–H groups in total. The minimum Gasteiger partial charge on any atom is -0.748 e. The molecule has 1 heterocycles. The van der Waals surface area contributed by atoms with E-state index in [0.717, 1.165) is 32.9 Å². The predicted octanol–water partition coefficient (Wildman–Crippen LogP) is 1.10. The molecule has 0 spiro atoms. The van der Waals surface area contributed by atoms with Crippen molar-refractivity contribution in [1.82, 2.24) is 4.98 Å². The van der Waals surface area contributed by atoms with Crippen LogP contribution in [0.4, 0.5) is 0 Å². The van der Waals surface area contributed by atoms with Gasteiger partial charge in [0, 0.05) is 16.3 Å². The molecule has 4 aromatic rings. The van der Waals surface area contributed by atoms with Crippen molar-refractivity contribution in [2.75, 3.05) is 0 Å². The number of hydrogen-bond donors (Lipinski definition) is 0. The Bertz CT molecular complexity index is 1190. The van der Waals surface area contributed by atoms with Gasteiger partial charge in [-0.2, -0.15) is 0 Å². The monoisotopic (exact) mass is 371 g/mol. The Balaban J connectivity index is 0.00000196. The van der Waals surface area contributed by atoms with E-state index in [4.69, 9.17) is 4.98 Å². The van der Waals surface area contributed by atoms with Crippen molar-refractivity contribution >= 4 is 31.8 Å². The fraction of sp³-hybridized carbons (Fsp3) is 0.0500. The van der Waals surface area contributed by atoms with Gasteiger partial charge in [-0.05, 0) is 17.0 Å². The van der Waals surface area contributed by atoms with Crippen LogP contribution in [0.3, 0.4) is 0 Å². The molecule has 124 valence electrons. The van der Waals surface area contributed by atoms with Gasteiger partial charge in [-0.25, -0.2) is 13.4 Å². The summed E-state index contributed by atoms with van der Waals surface area (Å²) < 4.78 is 32.7. The largest absolute Gasteiger partial charge is 1.00 e. The van der Waals surface area contributed by atoms with E-state index in [0.29, 0.717) is 5.56 Å². The summed E-state index contributed by atoms with van der Waals surface area (Å²) in [6, 6.07) is 23.0. The summed E-state index contributed by atoms with van der Waals surface area (Å²) >= 11 is 0. The van der Waals surface area contributed by atoms with Gasteiger partial charge in [0.2, 0.25) is 0 Å². The Labute approximate surface area is 173 Å². The molecular weight excluding hydrogens is 357 g/mol. The maximum atomic E-state index is 10.9. The molecule has 0 atom stereocenters. The average molecular weight is 371 g/mol. The third-order valence-corrected chi connectivity index (χ3v) is 4.87. The zero-order chi connectivity index (χ0) is 17.4. The second kappa shape index (κ2) is 7.47. The van der Waals surface area contributed by atoms with Gasteiger partial charge in [0.1, 0.15) is 0 Å². The molecule has 0 aliphatic heterocycles. The zero-order valence-electron chi connectivity index (χ0n) is 14.2. The molecular formula is C20H14NNaO3S. The number of nitrogens with zero attached hydrogens (tertiary/aromatic N) is 1. The van der Waals surface area contributed by atoms with Gasteiger partial charge >= 0.3 is 29.6 Å². The van der Waals surface area contributed by atoms with Crippen molar-refractivity contribution in [2.24, 2.45) is 0 Å². The van der Waals surface area contributed by atoms with Gasteiger partial charge in [-0.15, -0.1) is 0 Å². The third-order valence-electron chi connectivity index (χ3n) is 4.18. The van der Waals surface area contributed by atoms with Crippen LogP contribution in [0.1, 0.15) is 5.56 Å².